The van der Waals surface area contributed by atoms with Crippen LogP contribution in [0.15, 0.2) is 28.1 Å². The first-order valence-corrected chi connectivity index (χ1v) is 7.86. The number of guanidine groups is 1. The van der Waals surface area contributed by atoms with Gasteiger partial charge in [0.25, 0.3) is 10.0 Å². The first-order chi connectivity index (χ1) is 9.21. The first kappa shape index (κ1) is 14.6. The van der Waals surface area contributed by atoms with E-state index in [0.29, 0.717) is 18.0 Å². The van der Waals surface area contributed by atoms with Gasteiger partial charge in [-0.05, 0) is 39.8 Å². The van der Waals surface area contributed by atoms with Crippen LogP contribution in [0.3, 0.4) is 0 Å². The molecule has 0 saturated heterocycles. The number of anilines is 1. The number of benzene rings is 1. The summed E-state index contributed by atoms with van der Waals surface area (Å²) in [5, 5.41) is 2.98. The Labute approximate surface area is 119 Å². The van der Waals surface area contributed by atoms with Crippen LogP contribution < -0.4 is 14.8 Å². The third-order valence-electron chi connectivity index (χ3n) is 2.48. The minimum absolute atomic E-state index is 0.163. The molecule has 2 rings (SSSR count). The van der Waals surface area contributed by atoms with E-state index in [9.17, 15) is 8.42 Å². The maximum atomic E-state index is 12.2. The van der Waals surface area contributed by atoms with Gasteiger partial charge in [-0.2, -0.15) is 0 Å². The van der Waals surface area contributed by atoms with Crippen molar-refractivity contribution in [3.8, 4) is 5.75 Å². The second kappa shape index (κ2) is 4.97. The summed E-state index contributed by atoms with van der Waals surface area (Å²) in [5.74, 6) is 0.754. The largest absolute Gasteiger partial charge is 0.494 e. The Morgan fingerprint density at radius 1 is 1.30 bits per heavy atom. The molecular weight excluding hydrogens is 278 g/mol. The van der Waals surface area contributed by atoms with Gasteiger partial charge in [0.1, 0.15) is 10.6 Å². The van der Waals surface area contributed by atoms with Crippen molar-refractivity contribution in [2.45, 2.75) is 38.1 Å². The van der Waals surface area contributed by atoms with Gasteiger partial charge in [-0.1, -0.05) is 0 Å². The van der Waals surface area contributed by atoms with Crippen LogP contribution in [0.4, 0.5) is 5.69 Å². The summed E-state index contributed by atoms with van der Waals surface area (Å²) in [6, 6.07) is 4.91. The fourth-order valence-electron chi connectivity index (χ4n) is 1.81. The zero-order chi connectivity index (χ0) is 15.0. The van der Waals surface area contributed by atoms with E-state index in [4.69, 9.17) is 4.74 Å². The Morgan fingerprint density at radius 3 is 2.60 bits per heavy atom. The molecule has 110 valence electrons. The summed E-state index contributed by atoms with van der Waals surface area (Å²) in [7, 11) is -3.63. The van der Waals surface area contributed by atoms with Gasteiger partial charge in [-0.15, -0.1) is 0 Å². The van der Waals surface area contributed by atoms with Crippen LogP contribution in [0.5, 0.6) is 5.75 Å². The van der Waals surface area contributed by atoms with Crippen molar-refractivity contribution in [1.82, 2.24) is 4.72 Å². The third-order valence-corrected chi connectivity index (χ3v) is 3.86. The van der Waals surface area contributed by atoms with Gasteiger partial charge >= 0.3 is 0 Å². The number of hydrogen-bond acceptors (Lipinski definition) is 4. The van der Waals surface area contributed by atoms with Crippen molar-refractivity contribution >= 4 is 21.7 Å². The van der Waals surface area contributed by atoms with E-state index in [1.165, 1.54) is 6.07 Å². The molecule has 0 saturated carbocycles. The third kappa shape index (κ3) is 3.22. The highest BCUT2D eigenvalue weighted by atomic mass is 32.2. The van der Waals surface area contributed by atoms with Gasteiger partial charge in [0.05, 0.1) is 17.8 Å². The Hall–Kier alpha value is -1.76. The molecule has 20 heavy (non-hydrogen) atoms. The summed E-state index contributed by atoms with van der Waals surface area (Å²) < 4.78 is 32.2. The van der Waals surface area contributed by atoms with Crippen molar-refractivity contribution < 1.29 is 13.2 Å². The van der Waals surface area contributed by atoms with E-state index < -0.39 is 10.0 Å². The van der Waals surface area contributed by atoms with Gasteiger partial charge in [-0.3, -0.25) is 0 Å². The lowest BCUT2D eigenvalue weighted by Gasteiger charge is -2.24. The van der Waals surface area contributed by atoms with Crippen molar-refractivity contribution in [1.29, 1.82) is 0 Å². The van der Waals surface area contributed by atoms with Gasteiger partial charge in [-0.25, -0.2) is 18.1 Å². The van der Waals surface area contributed by atoms with Crippen LogP contribution in [0.2, 0.25) is 0 Å². The van der Waals surface area contributed by atoms with E-state index in [0.717, 1.165) is 0 Å². The maximum absolute atomic E-state index is 12.2. The van der Waals surface area contributed by atoms with E-state index in [2.05, 4.69) is 15.0 Å². The predicted octanol–water partition coefficient (Wildman–Crippen LogP) is 1.94. The molecule has 0 fully saturated rings. The first-order valence-electron chi connectivity index (χ1n) is 6.38. The maximum Gasteiger partial charge on any atom is 0.266 e. The van der Waals surface area contributed by atoms with E-state index in [1.54, 1.807) is 12.1 Å². The molecule has 1 aromatic rings. The smallest absolute Gasteiger partial charge is 0.266 e. The van der Waals surface area contributed by atoms with Crippen molar-refractivity contribution in [2.24, 2.45) is 4.99 Å². The molecule has 0 aromatic heterocycles. The molecule has 0 amide bonds. The fourth-order valence-corrected chi connectivity index (χ4v) is 2.95. The molecule has 1 aliphatic rings. The van der Waals surface area contributed by atoms with Crippen molar-refractivity contribution in [3.63, 3.8) is 0 Å². The number of nitrogens with one attached hydrogen (secondary N) is 2. The number of hydrogen-bond donors (Lipinski definition) is 2. The summed E-state index contributed by atoms with van der Waals surface area (Å²) in [6.07, 6.45) is 0. The average Bonchev–Trinajstić information content (AvgIpc) is 2.27. The zero-order valence-corrected chi connectivity index (χ0v) is 12.8. The molecule has 1 aromatic carbocycles. The molecule has 6 nitrogen and oxygen atoms in total. The van der Waals surface area contributed by atoms with Crippen LogP contribution >= 0.6 is 0 Å². The quantitative estimate of drug-likeness (QED) is 0.874. The van der Waals surface area contributed by atoms with Gasteiger partial charge in [0, 0.05) is 6.07 Å². The molecule has 0 aliphatic carbocycles. The molecule has 1 heterocycles. The standard InChI is InChI=1S/C13H19N3O3S/c1-5-19-9-6-7-10-11(8-9)20(17,18)16-12(14-10)15-13(2,3)4/h6-8H,5H2,1-4H3,(H2,14,15,16). The van der Waals surface area contributed by atoms with Crippen molar-refractivity contribution in [2.75, 3.05) is 11.9 Å². The molecule has 1 aliphatic heterocycles. The minimum atomic E-state index is -3.63. The molecular formula is C13H19N3O3S. The molecule has 0 bridgehead atoms. The normalized spacial score (nSPS) is 18.9. The summed E-state index contributed by atoms with van der Waals surface area (Å²) in [4.78, 5) is 4.47. The molecule has 0 spiro atoms. The van der Waals surface area contributed by atoms with Crippen LogP contribution in [-0.2, 0) is 10.0 Å². The number of aliphatic imine (C=N–C) groups is 1. The fraction of sp³-hybridized carbons (Fsp3) is 0.462. The van der Waals surface area contributed by atoms with E-state index >= 15 is 0 Å². The molecule has 7 heteroatoms. The zero-order valence-electron chi connectivity index (χ0n) is 12.0. The lowest BCUT2D eigenvalue weighted by molar-refractivity contribution is 0.339. The second-order valence-electron chi connectivity index (χ2n) is 5.45. The summed E-state index contributed by atoms with van der Waals surface area (Å²) in [5.41, 5.74) is 0.114. The Morgan fingerprint density at radius 2 is 2.00 bits per heavy atom. The number of rotatable bonds is 2. The van der Waals surface area contributed by atoms with Crippen LogP contribution in [0.25, 0.3) is 0 Å². The Balaban J connectivity index is 2.45. The van der Waals surface area contributed by atoms with Gasteiger partial charge < -0.3 is 10.1 Å². The Bertz CT molecular complexity index is 645. The SMILES string of the molecule is CCOc1ccc2c(c1)S(=O)(=O)NC(=NC(C)(C)C)N2. The van der Waals surface area contributed by atoms with Crippen LogP contribution in [0, 0.1) is 0 Å². The highest BCUT2D eigenvalue weighted by molar-refractivity contribution is 7.90. The number of fused-ring (bicyclic) bond motifs is 1. The second-order valence-corrected chi connectivity index (χ2v) is 7.10. The van der Waals surface area contributed by atoms with Gasteiger partial charge in [0.15, 0.2) is 0 Å². The lowest BCUT2D eigenvalue weighted by atomic mass is 10.1. The number of ether oxygens (including phenoxy) is 1. The van der Waals surface area contributed by atoms with Crippen LogP contribution in [-0.4, -0.2) is 26.5 Å². The molecule has 0 unspecified atom stereocenters. The lowest BCUT2D eigenvalue weighted by Crippen LogP contribution is -2.42. The highest BCUT2D eigenvalue weighted by Gasteiger charge is 2.28. The van der Waals surface area contributed by atoms with E-state index in [-0.39, 0.29) is 16.4 Å². The van der Waals surface area contributed by atoms with E-state index in [1.807, 2.05) is 27.7 Å². The molecule has 0 radical (unpaired) electrons. The number of sulfonamides is 1. The summed E-state index contributed by atoms with van der Waals surface area (Å²) in [6.45, 7) is 8.01. The van der Waals surface area contributed by atoms with Crippen LogP contribution in [0.1, 0.15) is 27.7 Å². The number of nitrogens with zero attached hydrogens (tertiary/aromatic N) is 1. The van der Waals surface area contributed by atoms with Crippen molar-refractivity contribution in [3.05, 3.63) is 18.2 Å². The summed E-state index contributed by atoms with van der Waals surface area (Å²) >= 11 is 0. The topological polar surface area (TPSA) is 79.8 Å². The van der Waals surface area contributed by atoms with Gasteiger partial charge in [0.2, 0.25) is 5.96 Å². The predicted molar refractivity (Wildman–Crippen MR) is 78.7 cm³/mol. The molecule has 2 N–H and O–H groups in total. The minimum Gasteiger partial charge on any atom is -0.494 e. The average molecular weight is 297 g/mol. The Kier molecular flexibility index (Phi) is 3.64. The molecule has 0 atom stereocenters. The monoisotopic (exact) mass is 297 g/mol. The highest BCUT2D eigenvalue weighted by Crippen LogP contribution is 2.29.